The average molecular weight is 335 g/mol. The van der Waals surface area contributed by atoms with Crippen molar-refractivity contribution in [2.75, 3.05) is 38.1 Å². The maximum absolute atomic E-state index is 12.1. The van der Waals surface area contributed by atoms with E-state index < -0.39 is 5.97 Å². The highest BCUT2D eigenvalue weighted by Gasteiger charge is 2.13. The van der Waals surface area contributed by atoms with Crippen molar-refractivity contribution < 1.29 is 19.1 Å². The molecule has 0 aliphatic heterocycles. The third-order valence-corrected chi connectivity index (χ3v) is 3.24. The number of hydrogen-bond acceptors (Lipinski definition) is 5. The van der Waals surface area contributed by atoms with Crippen LogP contribution in [0.2, 0.25) is 0 Å². The summed E-state index contributed by atoms with van der Waals surface area (Å²) < 4.78 is 4.90. The minimum absolute atomic E-state index is 0.106. The number of benzene rings is 1. The van der Waals surface area contributed by atoms with Gasteiger partial charge in [-0.25, -0.2) is 4.79 Å². The topological polar surface area (TPSA) is 87.7 Å². The zero-order chi connectivity index (χ0) is 17.9. The number of amides is 2. The summed E-state index contributed by atoms with van der Waals surface area (Å²) in [5.41, 5.74) is 1.02. The Morgan fingerprint density at radius 1 is 1.00 bits per heavy atom. The minimum Gasteiger partial charge on any atom is -0.462 e. The van der Waals surface area contributed by atoms with E-state index in [2.05, 4.69) is 10.6 Å². The van der Waals surface area contributed by atoms with E-state index in [9.17, 15) is 14.4 Å². The lowest BCUT2D eigenvalue weighted by Gasteiger charge is -2.19. The largest absolute Gasteiger partial charge is 0.462 e. The summed E-state index contributed by atoms with van der Waals surface area (Å²) in [6.45, 7) is 7.25. The molecule has 1 rings (SSSR count). The first-order chi connectivity index (χ1) is 11.5. The van der Waals surface area contributed by atoms with Gasteiger partial charge in [-0.05, 0) is 44.7 Å². The van der Waals surface area contributed by atoms with Gasteiger partial charge in [0.2, 0.25) is 11.8 Å². The maximum Gasteiger partial charge on any atom is 0.338 e. The second-order valence-electron chi connectivity index (χ2n) is 5.10. The molecular formula is C17H25N3O4. The van der Waals surface area contributed by atoms with Crippen molar-refractivity contribution in [3.63, 3.8) is 0 Å². The van der Waals surface area contributed by atoms with E-state index in [1.807, 2.05) is 13.8 Å². The molecule has 0 bridgehead atoms. The molecule has 7 nitrogen and oxygen atoms in total. The van der Waals surface area contributed by atoms with Crippen LogP contribution in [0.25, 0.3) is 0 Å². The molecule has 1 aromatic rings. The van der Waals surface area contributed by atoms with Gasteiger partial charge in [0.1, 0.15) is 0 Å². The monoisotopic (exact) mass is 335 g/mol. The van der Waals surface area contributed by atoms with E-state index in [4.69, 9.17) is 4.74 Å². The average Bonchev–Trinajstić information content (AvgIpc) is 2.55. The number of carbonyl (C=O) groups excluding carboxylic acids is 3. The molecule has 0 spiro atoms. The molecule has 2 N–H and O–H groups in total. The summed E-state index contributed by atoms with van der Waals surface area (Å²) in [4.78, 5) is 37.0. The van der Waals surface area contributed by atoms with Gasteiger partial charge < -0.3 is 15.4 Å². The zero-order valence-electron chi connectivity index (χ0n) is 14.4. The van der Waals surface area contributed by atoms with Crippen LogP contribution < -0.4 is 10.6 Å². The fourth-order valence-corrected chi connectivity index (χ4v) is 2.04. The molecule has 24 heavy (non-hydrogen) atoms. The van der Waals surface area contributed by atoms with Crippen molar-refractivity contribution in [2.45, 2.75) is 20.8 Å². The van der Waals surface area contributed by atoms with Crippen LogP contribution in [0.5, 0.6) is 0 Å². The molecular weight excluding hydrogens is 310 g/mol. The van der Waals surface area contributed by atoms with Crippen molar-refractivity contribution in [1.82, 2.24) is 10.2 Å². The second-order valence-corrected chi connectivity index (χ2v) is 5.10. The van der Waals surface area contributed by atoms with Crippen LogP contribution in [-0.2, 0) is 14.3 Å². The Hall–Kier alpha value is -2.41. The van der Waals surface area contributed by atoms with E-state index in [1.165, 1.54) is 0 Å². The number of likely N-dealkylation sites (N-methyl/N-ethyl adjacent to an activating group) is 2. The van der Waals surface area contributed by atoms with Crippen LogP contribution in [0.1, 0.15) is 31.1 Å². The van der Waals surface area contributed by atoms with Crippen molar-refractivity contribution >= 4 is 23.5 Å². The number of nitrogens with one attached hydrogen (secondary N) is 2. The summed E-state index contributed by atoms with van der Waals surface area (Å²) in [6, 6.07) is 6.48. The van der Waals surface area contributed by atoms with Gasteiger partial charge >= 0.3 is 5.97 Å². The second kappa shape index (κ2) is 10.4. The SMILES string of the molecule is CCNC(=O)CN(CC)CC(=O)Nc1ccc(C(=O)OCC)cc1. The highest BCUT2D eigenvalue weighted by atomic mass is 16.5. The van der Waals surface area contributed by atoms with E-state index in [-0.39, 0.29) is 24.9 Å². The molecule has 132 valence electrons. The molecule has 0 fully saturated rings. The van der Waals surface area contributed by atoms with Crippen LogP contribution in [0.3, 0.4) is 0 Å². The lowest BCUT2D eigenvalue weighted by molar-refractivity contribution is -0.123. The Kier molecular flexibility index (Phi) is 8.49. The van der Waals surface area contributed by atoms with Gasteiger partial charge in [-0.3, -0.25) is 14.5 Å². The summed E-state index contributed by atoms with van der Waals surface area (Å²) in [5, 5.41) is 5.45. The van der Waals surface area contributed by atoms with E-state index in [0.29, 0.717) is 30.9 Å². The Labute approximate surface area is 142 Å². The Bertz CT molecular complexity index is 557. The number of carbonyl (C=O) groups is 3. The molecule has 0 radical (unpaired) electrons. The van der Waals surface area contributed by atoms with Crippen LogP contribution in [0.4, 0.5) is 5.69 Å². The molecule has 0 aliphatic rings. The number of esters is 1. The smallest absolute Gasteiger partial charge is 0.338 e. The predicted octanol–water partition coefficient (Wildman–Crippen LogP) is 1.26. The zero-order valence-corrected chi connectivity index (χ0v) is 14.4. The molecule has 0 saturated heterocycles. The number of ether oxygens (including phenoxy) is 1. The quantitative estimate of drug-likeness (QED) is 0.663. The van der Waals surface area contributed by atoms with Crippen molar-refractivity contribution in [1.29, 1.82) is 0 Å². The van der Waals surface area contributed by atoms with Crippen molar-refractivity contribution in [3.8, 4) is 0 Å². The molecule has 0 atom stereocenters. The first-order valence-electron chi connectivity index (χ1n) is 8.06. The summed E-state index contributed by atoms with van der Waals surface area (Å²) in [7, 11) is 0. The van der Waals surface area contributed by atoms with Gasteiger partial charge in [-0.1, -0.05) is 6.92 Å². The molecule has 0 aromatic heterocycles. The van der Waals surface area contributed by atoms with Gasteiger partial charge in [0, 0.05) is 12.2 Å². The van der Waals surface area contributed by atoms with Gasteiger partial charge in [0.25, 0.3) is 0 Å². The summed E-state index contributed by atoms with van der Waals surface area (Å²) >= 11 is 0. The summed E-state index contributed by atoms with van der Waals surface area (Å²) in [5.74, 6) is -0.717. The lowest BCUT2D eigenvalue weighted by atomic mass is 10.2. The van der Waals surface area contributed by atoms with Gasteiger partial charge in [-0.15, -0.1) is 0 Å². The van der Waals surface area contributed by atoms with Crippen molar-refractivity contribution in [2.24, 2.45) is 0 Å². The van der Waals surface area contributed by atoms with Gasteiger partial charge in [0.05, 0.1) is 25.3 Å². The Balaban J connectivity index is 2.54. The van der Waals surface area contributed by atoms with E-state index >= 15 is 0 Å². The normalized spacial score (nSPS) is 10.3. The van der Waals surface area contributed by atoms with Crippen LogP contribution in [0, 0.1) is 0 Å². The number of anilines is 1. The highest BCUT2D eigenvalue weighted by Crippen LogP contribution is 2.10. The van der Waals surface area contributed by atoms with Crippen LogP contribution in [-0.4, -0.2) is 55.5 Å². The highest BCUT2D eigenvalue weighted by molar-refractivity contribution is 5.94. The molecule has 2 amide bonds. The Morgan fingerprint density at radius 2 is 1.62 bits per heavy atom. The standard InChI is InChI=1S/C17H25N3O4/c1-4-18-15(21)11-20(5-2)12-16(22)19-14-9-7-13(8-10-14)17(23)24-6-3/h7-10H,4-6,11-12H2,1-3H3,(H,18,21)(H,19,22). The van der Waals surface area contributed by atoms with E-state index in [0.717, 1.165) is 0 Å². The molecule has 0 saturated carbocycles. The van der Waals surface area contributed by atoms with Crippen molar-refractivity contribution in [3.05, 3.63) is 29.8 Å². The molecule has 0 unspecified atom stereocenters. The number of nitrogens with zero attached hydrogens (tertiary/aromatic N) is 1. The molecule has 7 heteroatoms. The maximum atomic E-state index is 12.1. The van der Waals surface area contributed by atoms with Gasteiger partial charge in [-0.2, -0.15) is 0 Å². The Morgan fingerprint density at radius 3 is 2.17 bits per heavy atom. The predicted molar refractivity (Wildman–Crippen MR) is 91.8 cm³/mol. The number of hydrogen-bond donors (Lipinski definition) is 2. The fourth-order valence-electron chi connectivity index (χ4n) is 2.04. The third-order valence-electron chi connectivity index (χ3n) is 3.24. The third kappa shape index (κ3) is 6.78. The molecule has 1 aromatic carbocycles. The lowest BCUT2D eigenvalue weighted by Crippen LogP contribution is -2.41. The molecule has 0 heterocycles. The minimum atomic E-state index is -0.394. The first-order valence-corrected chi connectivity index (χ1v) is 8.06. The van der Waals surface area contributed by atoms with Gasteiger partial charge in [0.15, 0.2) is 0 Å². The fraction of sp³-hybridized carbons (Fsp3) is 0.471. The van der Waals surface area contributed by atoms with Crippen LogP contribution in [0.15, 0.2) is 24.3 Å². The first kappa shape index (κ1) is 19.6. The summed E-state index contributed by atoms with van der Waals surface area (Å²) in [6.07, 6.45) is 0. The molecule has 0 aliphatic carbocycles. The van der Waals surface area contributed by atoms with E-state index in [1.54, 1.807) is 36.1 Å². The van der Waals surface area contributed by atoms with Crippen LogP contribution >= 0.6 is 0 Å². The number of rotatable bonds is 9.